The second kappa shape index (κ2) is 4.90. The smallest absolute Gasteiger partial charge is 0.122 e. The third kappa shape index (κ3) is 2.38. The maximum absolute atomic E-state index is 5.87. The van der Waals surface area contributed by atoms with Crippen LogP contribution in [0.3, 0.4) is 0 Å². The van der Waals surface area contributed by atoms with Crippen LogP contribution < -0.4 is 10.5 Å². The Morgan fingerprint density at radius 1 is 1.33 bits per heavy atom. The van der Waals surface area contributed by atoms with Crippen LogP contribution in [-0.4, -0.2) is 26.9 Å². The van der Waals surface area contributed by atoms with Crippen LogP contribution in [0.25, 0.3) is 0 Å². The van der Waals surface area contributed by atoms with Gasteiger partial charge < -0.3 is 15.2 Å². The Hall–Kier alpha value is -1.06. The van der Waals surface area contributed by atoms with Gasteiger partial charge in [-0.05, 0) is 24.4 Å². The molecule has 3 heteroatoms. The molecular formula is C15H23NO2. The first-order valence-electron chi connectivity index (χ1n) is 6.44. The van der Waals surface area contributed by atoms with Gasteiger partial charge in [0.2, 0.25) is 0 Å². The summed E-state index contributed by atoms with van der Waals surface area (Å²) in [7, 11) is 1.72. The molecule has 1 aromatic carbocycles. The molecule has 0 spiro atoms. The van der Waals surface area contributed by atoms with Crippen LogP contribution >= 0.6 is 0 Å². The molecule has 0 bridgehead atoms. The maximum Gasteiger partial charge on any atom is 0.122 e. The van der Waals surface area contributed by atoms with E-state index in [0.717, 1.165) is 25.4 Å². The van der Waals surface area contributed by atoms with Crippen molar-refractivity contribution in [3.8, 4) is 5.75 Å². The van der Waals surface area contributed by atoms with Gasteiger partial charge in [0.05, 0.1) is 20.3 Å². The van der Waals surface area contributed by atoms with Crippen molar-refractivity contribution >= 4 is 0 Å². The lowest BCUT2D eigenvalue weighted by molar-refractivity contribution is -0.0794. The molecule has 2 N–H and O–H groups in total. The van der Waals surface area contributed by atoms with E-state index in [9.17, 15) is 0 Å². The Morgan fingerprint density at radius 3 is 2.50 bits per heavy atom. The van der Waals surface area contributed by atoms with Crippen LogP contribution in [0.1, 0.15) is 25.8 Å². The Kier molecular flexibility index (Phi) is 3.64. The number of methoxy groups -OCH3 is 1. The minimum atomic E-state index is 0.0650. The van der Waals surface area contributed by atoms with Gasteiger partial charge in [-0.1, -0.05) is 32.0 Å². The molecule has 3 nitrogen and oxygen atoms in total. The predicted molar refractivity (Wildman–Crippen MR) is 72.9 cm³/mol. The topological polar surface area (TPSA) is 44.5 Å². The van der Waals surface area contributed by atoms with Crippen molar-refractivity contribution in [1.82, 2.24) is 0 Å². The van der Waals surface area contributed by atoms with Crippen LogP contribution in [0, 0.1) is 5.41 Å². The van der Waals surface area contributed by atoms with E-state index in [-0.39, 0.29) is 10.8 Å². The van der Waals surface area contributed by atoms with Crippen molar-refractivity contribution in [3.63, 3.8) is 0 Å². The Labute approximate surface area is 109 Å². The van der Waals surface area contributed by atoms with Crippen molar-refractivity contribution in [1.29, 1.82) is 0 Å². The standard InChI is InChI=1S/C15H23NO2/c1-14(2,9-16)8-15(10-18-11-15)12-6-4-5-7-13(12)17-3/h4-7H,8-11,16H2,1-3H3. The molecule has 1 aromatic rings. The molecule has 18 heavy (non-hydrogen) atoms. The summed E-state index contributed by atoms with van der Waals surface area (Å²) in [5.41, 5.74) is 7.30. The molecule has 0 unspecified atom stereocenters. The first-order valence-corrected chi connectivity index (χ1v) is 6.44. The van der Waals surface area contributed by atoms with E-state index in [1.807, 2.05) is 12.1 Å². The highest BCUT2D eigenvalue weighted by Gasteiger charge is 2.45. The van der Waals surface area contributed by atoms with Gasteiger partial charge >= 0.3 is 0 Å². The van der Waals surface area contributed by atoms with E-state index in [2.05, 4.69) is 26.0 Å². The lowest BCUT2D eigenvalue weighted by atomic mass is 9.67. The van der Waals surface area contributed by atoms with Crippen molar-refractivity contribution in [2.45, 2.75) is 25.7 Å². The Bertz CT molecular complexity index is 411. The SMILES string of the molecule is COc1ccccc1C1(CC(C)(C)CN)COC1. The zero-order chi connectivity index (χ0) is 13.2. The van der Waals surface area contributed by atoms with Crippen molar-refractivity contribution in [2.75, 3.05) is 26.9 Å². The highest BCUT2D eigenvalue weighted by Crippen LogP contribution is 2.45. The number of para-hydroxylation sites is 1. The predicted octanol–water partition coefficient (Wildman–Crippen LogP) is 2.34. The molecule has 0 radical (unpaired) electrons. The summed E-state index contributed by atoms with van der Waals surface area (Å²) in [6, 6.07) is 8.23. The third-order valence-corrected chi connectivity index (χ3v) is 3.80. The van der Waals surface area contributed by atoms with Crippen molar-refractivity contribution in [3.05, 3.63) is 29.8 Å². The number of nitrogens with two attached hydrogens (primary N) is 1. The van der Waals surface area contributed by atoms with E-state index >= 15 is 0 Å². The maximum atomic E-state index is 5.87. The molecule has 1 aliphatic rings. The van der Waals surface area contributed by atoms with E-state index in [1.54, 1.807) is 7.11 Å². The summed E-state index contributed by atoms with van der Waals surface area (Å²) >= 11 is 0. The Balaban J connectivity index is 2.32. The van der Waals surface area contributed by atoms with Gasteiger partial charge in [-0.2, -0.15) is 0 Å². The quantitative estimate of drug-likeness (QED) is 0.871. The molecule has 1 aliphatic heterocycles. The summed E-state index contributed by atoms with van der Waals surface area (Å²) in [5.74, 6) is 0.952. The van der Waals surface area contributed by atoms with Gasteiger partial charge in [-0.3, -0.25) is 0 Å². The van der Waals surface area contributed by atoms with Gasteiger partial charge in [0.1, 0.15) is 5.75 Å². The number of benzene rings is 1. The second-order valence-electron chi connectivity index (χ2n) is 6.02. The highest BCUT2D eigenvalue weighted by molar-refractivity contribution is 5.41. The number of hydrogen-bond acceptors (Lipinski definition) is 3. The summed E-state index contributed by atoms with van der Waals surface area (Å²) in [6.07, 6.45) is 1.02. The van der Waals surface area contributed by atoms with Crippen molar-refractivity contribution < 1.29 is 9.47 Å². The fourth-order valence-electron chi connectivity index (χ4n) is 2.77. The van der Waals surface area contributed by atoms with Crippen LogP contribution in [0.2, 0.25) is 0 Å². The van der Waals surface area contributed by atoms with Crippen LogP contribution in [-0.2, 0) is 10.2 Å². The van der Waals surface area contributed by atoms with E-state index in [1.165, 1.54) is 5.56 Å². The van der Waals surface area contributed by atoms with Crippen molar-refractivity contribution in [2.24, 2.45) is 11.1 Å². The first-order chi connectivity index (χ1) is 8.53. The molecule has 0 aromatic heterocycles. The van der Waals surface area contributed by atoms with Crippen LogP contribution in [0.4, 0.5) is 0 Å². The van der Waals surface area contributed by atoms with Crippen LogP contribution in [0.15, 0.2) is 24.3 Å². The summed E-state index contributed by atoms with van der Waals surface area (Å²) in [4.78, 5) is 0. The van der Waals surface area contributed by atoms with E-state index < -0.39 is 0 Å². The summed E-state index contributed by atoms with van der Waals surface area (Å²) in [6.45, 7) is 6.63. The normalized spacial score (nSPS) is 18.2. The summed E-state index contributed by atoms with van der Waals surface area (Å²) < 4.78 is 11.0. The zero-order valence-corrected chi connectivity index (χ0v) is 11.5. The lowest BCUT2D eigenvalue weighted by Crippen LogP contribution is -2.50. The van der Waals surface area contributed by atoms with E-state index in [4.69, 9.17) is 15.2 Å². The zero-order valence-electron chi connectivity index (χ0n) is 11.5. The molecule has 1 fully saturated rings. The second-order valence-corrected chi connectivity index (χ2v) is 6.02. The molecular weight excluding hydrogens is 226 g/mol. The largest absolute Gasteiger partial charge is 0.496 e. The number of hydrogen-bond donors (Lipinski definition) is 1. The molecule has 0 aliphatic carbocycles. The average Bonchev–Trinajstić information content (AvgIpc) is 2.34. The molecule has 0 atom stereocenters. The minimum absolute atomic E-state index is 0.0650. The summed E-state index contributed by atoms with van der Waals surface area (Å²) in [5, 5.41) is 0. The van der Waals surface area contributed by atoms with Gasteiger partial charge in [-0.15, -0.1) is 0 Å². The molecule has 2 rings (SSSR count). The fraction of sp³-hybridized carbons (Fsp3) is 0.600. The monoisotopic (exact) mass is 249 g/mol. The highest BCUT2D eigenvalue weighted by atomic mass is 16.5. The number of rotatable bonds is 5. The minimum Gasteiger partial charge on any atom is -0.496 e. The third-order valence-electron chi connectivity index (χ3n) is 3.80. The molecule has 1 saturated heterocycles. The van der Waals surface area contributed by atoms with Gasteiger partial charge in [-0.25, -0.2) is 0 Å². The average molecular weight is 249 g/mol. The van der Waals surface area contributed by atoms with Crippen LogP contribution in [0.5, 0.6) is 5.75 Å². The molecule has 1 heterocycles. The van der Waals surface area contributed by atoms with Gasteiger partial charge in [0.25, 0.3) is 0 Å². The van der Waals surface area contributed by atoms with E-state index in [0.29, 0.717) is 6.54 Å². The Morgan fingerprint density at radius 2 is 2.00 bits per heavy atom. The molecule has 0 saturated carbocycles. The number of ether oxygens (including phenoxy) is 2. The van der Waals surface area contributed by atoms with Gasteiger partial charge in [0.15, 0.2) is 0 Å². The fourth-order valence-corrected chi connectivity index (χ4v) is 2.77. The van der Waals surface area contributed by atoms with Gasteiger partial charge in [0, 0.05) is 11.0 Å². The molecule has 100 valence electrons. The first kappa shape index (κ1) is 13.4. The molecule has 0 amide bonds. The lowest BCUT2D eigenvalue weighted by Gasteiger charge is -2.46.